The lowest BCUT2D eigenvalue weighted by atomic mass is 9.88. The summed E-state index contributed by atoms with van der Waals surface area (Å²) in [6.45, 7) is 3.48. The first-order valence-electron chi connectivity index (χ1n) is 6.60. The SMILES string of the molecule is COc1ccccc1CC1(C)CCCCCN1. The maximum absolute atomic E-state index is 5.44. The molecule has 0 amide bonds. The Bertz CT molecular complexity index is 354. The second kappa shape index (κ2) is 5.54. The molecule has 1 atom stereocenters. The Balaban J connectivity index is 2.12. The molecule has 0 aromatic heterocycles. The van der Waals surface area contributed by atoms with Crippen molar-refractivity contribution in [2.45, 2.75) is 44.6 Å². The van der Waals surface area contributed by atoms with Crippen molar-refractivity contribution in [1.29, 1.82) is 0 Å². The Morgan fingerprint density at radius 3 is 2.88 bits per heavy atom. The number of hydrogen-bond donors (Lipinski definition) is 1. The van der Waals surface area contributed by atoms with E-state index in [0.717, 1.165) is 18.7 Å². The van der Waals surface area contributed by atoms with Crippen LogP contribution in [0, 0.1) is 0 Å². The van der Waals surface area contributed by atoms with Gasteiger partial charge in [0.25, 0.3) is 0 Å². The molecule has 2 rings (SSSR count). The first kappa shape index (κ1) is 12.4. The highest BCUT2D eigenvalue weighted by molar-refractivity contribution is 5.34. The van der Waals surface area contributed by atoms with Crippen molar-refractivity contribution in [2.24, 2.45) is 0 Å². The lowest BCUT2D eigenvalue weighted by Crippen LogP contribution is -2.43. The normalized spacial score (nSPS) is 25.3. The molecule has 0 radical (unpaired) electrons. The van der Waals surface area contributed by atoms with Gasteiger partial charge in [-0.2, -0.15) is 0 Å². The Labute approximate surface area is 104 Å². The smallest absolute Gasteiger partial charge is 0.122 e. The van der Waals surface area contributed by atoms with Crippen LogP contribution >= 0.6 is 0 Å². The molecule has 0 spiro atoms. The van der Waals surface area contributed by atoms with Gasteiger partial charge in [-0.15, -0.1) is 0 Å². The summed E-state index contributed by atoms with van der Waals surface area (Å²) in [7, 11) is 1.75. The number of hydrogen-bond acceptors (Lipinski definition) is 2. The minimum Gasteiger partial charge on any atom is -0.496 e. The molecule has 1 N–H and O–H groups in total. The molecule has 94 valence electrons. The zero-order valence-corrected chi connectivity index (χ0v) is 11.0. The maximum atomic E-state index is 5.44. The average Bonchev–Trinajstić information content (AvgIpc) is 2.55. The van der Waals surface area contributed by atoms with Crippen LogP contribution in [0.25, 0.3) is 0 Å². The molecule has 0 aliphatic carbocycles. The molecule has 1 aromatic rings. The van der Waals surface area contributed by atoms with Crippen molar-refractivity contribution in [3.8, 4) is 5.75 Å². The number of nitrogens with one attached hydrogen (secondary N) is 1. The Morgan fingerprint density at radius 2 is 2.06 bits per heavy atom. The van der Waals surface area contributed by atoms with Crippen molar-refractivity contribution in [1.82, 2.24) is 5.32 Å². The third-order valence-electron chi connectivity index (χ3n) is 3.73. The van der Waals surface area contributed by atoms with Gasteiger partial charge in [-0.3, -0.25) is 0 Å². The number of ether oxygens (including phenoxy) is 1. The first-order chi connectivity index (χ1) is 8.23. The summed E-state index contributed by atoms with van der Waals surface area (Å²) in [5.74, 6) is 1.01. The molecule has 1 heterocycles. The molecule has 0 saturated carbocycles. The van der Waals surface area contributed by atoms with Gasteiger partial charge in [0, 0.05) is 5.54 Å². The van der Waals surface area contributed by atoms with Gasteiger partial charge in [-0.1, -0.05) is 31.0 Å². The number of methoxy groups -OCH3 is 1. The Morgan fingerprint density at radius 1 is 1.24 bits per heavy atom. The van der Waals surface area contributed by atoms with E-state index in [1.54, 1.807) is 7.11 Å². The molecule has 1 fully saturated rings. The van der Waals surface area contributed by atoms with E-state index in [9.17, 15) is 0 Å². The quantitative estimate of drug-likeness (QED) is 0.866. The third-order valence-corrected chi connectivity index (χ3v) is 3.73. The van der Waals surface area contributed by atoms with Crippen molar-refractivity contribution in [3.63, 3.8) is 0 Å². The summed E-state index contributed by atoms with van der Waals surface area (Å²) >= 11 is 0. The van der Waals surface area contributed by atoms with Crippen LogP contribution in [0.2, 0.25) is 0 Å². The molecular formula is C15H23NO. The van der Waals surface area contributed by atoms with Gasteiger partial charge in [-0.05, 0) is 44.4 Å². The standard InChI is InChI=1S/C15H23NO/c1-15(10-6-3-7-11-16-15)12-13-8-4-5-9-14(13)17-2/h4-5,8-9,16H,3,6-7,10-12H2,1-2H3. The van der Waals surface area contributed by atoms with E-state index in [1.807, 2.05) is 6.07 Å². The van der Waals surface area contributed by atoms with Crippen molar-refractivity contribution in [2.75, 3.05) is 13.7 Å². The summed E-state index contributed by atoms with van der Waals surface area (Å²) in [6, 6.07) is 8.36. The molecule has 1 saturated heterocycles. The van der Waals surface area contributed by atoms with Crippen LogP contribution < -0.4 is 10.1 Å². The highest BCUT2D eigenvalue weighted by Crippen LogP contribution is 2.27. The fourth-order valence-electron chi connectivity index (χ4n) is 2.72. The lowest BCUT2D eigenvalue weighted by molar-refractivity contribution is 0.336. The van der Waals surface area contributed by atoms with E-state index in [1.165, 1.54) is 31.2 Å². The van der Waals surface area contributed by atoms with Gasteiger partial charge in [0.2, 0.25) is 0 Å². The molecule has 17 heavy (non-hydrogen) atoms. The fraction of sp³-hybridized carbons (Fsp3) is 0.600. The maximum Gasteiger partial charge on any atom is 0.122 e. The largest absolute Gasteiger partial charge is 0.496 e. The Hall–Kier alpha value is -1.02. The third kappa shape index (κ3) is 3.22. The van der Waals surface area contributed by atoms with E-state index in [-0.39, 0.29) is 5.54 Å². The second-order valence-electron chi connectivity index (χ2n) is 5.29. The van der Waals surface area contributed by atoms with E-state index >= 15 is 0 Å². The number of benzene rings is 1. The molecule has 1 unspecified atom stereocenters. The van der Waals surface area contributed by atoms with Crippen LogP contribution in [-0.4, -0.2) is 19.2 Å². The van der Waals surface area contributed by atoms with E-state index in [0.29, 0.717) is 0 Å². The van der Waals surface area contributed by atoms with Crippen LogP contribution in [0.4, 0.5) is 0 Å². The minimum atomic E-state index is 0.227. The van der Waals surface area contributed by atoms with Gasteiger partial charge >= 0.3 is 0 Å². The van der Waals surface area contributed by atoms with Crippen molar-refractivity contribution >= 4 is 0 Å². The van der Waals surface area contributed by atoms with Crippen molar-refractivity contribution < 1.29 is 4.74 Å². The summed E-state index contributed by atoms with van der Waals surface area (Å²) in [4.78, 5) is 0. The molecule has 1 aliphatic heterocycles. The average molecular weight is 233 g/mol. The fourth-order valence-corrected chi connectivity index (χ4v) is 2.72. The topological polar surface area (TPSA) is 21.3 Å². The minimum absolute atomic E-state index is 0.227. The second-order valence-corrected chi connectivity index (χ2v) is 5.29. The summed E-state index contributed by atoms with van der Waals surface area (Å²) in [5.41, 5.74) is 1.54. The van der Waals surface area contributed by atoms with Crippen LogP contribution in [0.3, 0.4) is 0 Å². The van der Waals surface area contributed by atoms with Crippen LogP contribution in [0.1, 0.15) is 38.2 Å². The van der Waals surface area contributed by atoms with Gasteiger partial charge in [-0.25, -0.2) is 0 Å². The molecular weight excluding hydrogens is 210 g/mol. The molecule has 1 aromatic carbocycles. The number of rotatable bonds is 3. The van der Waals surface area contributed by atoms with E-state index in [4.69, 9.17) is 4.74 Å². The monoisotopic (exact) mass is 233 g/mol. The molecule has 0 bridgehead atoms. The highest BCUT2D eigenvalue weighted by atomic mass is 16.5. The summed E-state index contributed by atoms with van der Waals surface area (Å²) in [6.07, 6.45) is 6.30. The zero-order chi connectivity index (χ0) is 12.1. The summed E-state index contributed by atoms with van der Waals surface area (Å²) < 4.78 is 5.44. The first-order valence-corrected chi connectivity index (χ1v) is 6.60. The van der Waals surface area contributed by atoms with Gasteiger partial charge in [0.15, 0.2) is 0 Å². The van der Waals surface area contributed by atoms with Gasteiger partial charge < -0.3 is 10.1 Å². The zero-order valence-electron chi connectivity index (χ0n) is 11.0. The lowest BCUT2D eigenvalue weighted by Gasteiger charge is -2.30. The van der Waals surface area contributed by atoms with Crippen LogP contribution in [0.15, 0.2) is 24.3 Å². The van der Waals surface area contributed by atoms with Gasteiger partial charge in [0.05, 0.1) is 7.11 Å². The molecule has 1 aliphatic rings. The van der Waals surface area contributed by atoms with Crippen LogP contribution in [0.5, 0.6) is 5.75 Å². The Kier molecular flexibility index (Phi) is 4.06. The number of para-hydroxylation sites is 1. The predicted molar refractivity (Wildman–Crippen MR) is 71.6 cm³/mol. The highest BCUT2D eigenvalue weighted by Gasteiger charge is 2.26. The van der Waals surface area contributed by atoms with Gasteiger partial charge in [0.1, 0.15) is 5.75 Å². The van der Waals surface area contributed by atoms with Crippen molar-refractivity contribution in [3.05, 3.63) is 29.8 Å². The summed E-state index contributed by atoms with van der Waals surface area (Å²) in [5, 5.41) is 3.70. The van der Waals surface area contributed by atoms with E-state index in [2.05, 4.69) is 30.4 Å². The predicted octanol–water partition coefficient (Wildman–Crippen LogP) is 3.16. The van der Waals surface area contributed by atoms with E-state index < -0.39 is 0 Å². The molecule has 2 nitrogen and oxygen atoms in total. The molecule has 2 heteroatoms. The van der Waals surface area contributed by atoms with Crippen LogP contribution in [-0.2, 0) is 6.42 Å².